The fourth-order valence-corrected chi connectivity index (χ4v) is 3.74. The molecule has 0 aliphatic carbocycles. The Balaban J connectivity index is 1.77. The second-order valence-electron chi connectivity index (χ2n) is 7.51. The molecule has 0 saturated carbocycles. The first kappa shape index (κ1) is 19.8. The first-order chi connectivity index (χ1) is 13.3. The lowest BCUT2D eigenvalue weighted by Crippen LogP contribution is -2.39. The number of carbonyl (C=O) groups is 1. The number of benzene rings is 2. The van der Waals surface area contributed by atoms with Crippen molar-refractivity contribution >= 4 is 17.3 Å². The Morgan fingerprint density at radius 3 is 2.43 bits per heavy atom. The molecule has 7 heteroatoms. The van der Waals surface area contributed by atoms with Gasteiger partial charge in [-0.2, -0.15) is 0 Å². The zero-order valence-corrected chi connectivity index (χ0v) is 15.9. The molecule has 0 N–H and O–H groups in total. The van der Waals surface area contributed by atoms with Crippen molar-refractivity contribution in [3.63, 3.8) is 0 Å². The molecule has 2 aromatic rings. The van der Waals surface area contributed by atoms with E-state index in [1.807, 2.05) is 4.90 Å². The Labute approximate surface area is 163 Å². The summed E-state index contributed by atoms with van der Waals surface area (Å²) < 4.78 is 18.1. The number of hydrogen-bond acceptors (Lipinski definition) is 5. The molecule has 2 unspecified atom stereocenters. The standard InChI is InChI=1S/C21H23FN2O4/c1-14-9-15(2)12-23(11-14)19-8-5-17(10-20(19)24(26)27)21(25)28-13-16-3-6-18(22)7-4-16/h3-8,10,14-15H,9,11-13H2,1-2H3. The monoisotopic (exact) mass is 386 g/mol. The second kappa shape index (κ2) is 8.37. The largest absolute Gasteiger partial charge is 0.457 e. The summed E-state index contributed by atoms with van der Waals surface area (Å²) in [7, 11) is 0. The molecule has 2 atom stereocenters. The number of piperidine rings is 1. The lowest BCUT2D eigenvalue weighted by molar-refractivity contribution is -0.384. The van der Waals surface area contributed by atoms with Crippen LogP contribution in [-0.2, 0) is 11.3 Å². The summed E-state index contributed by atoms with van der Waals surface area (Å²) in [6, 6.07) is 10.1. The van der Waals surface area contributed by atoms with E-state index < -0.39 is 10.9 Å². The number of hydrogen-bond donors (Lipinski definition) is 0. The topological polar surface area (TPSA) is 72.7 Å². The summed E-state index contributed by atoms with van der Waals surface area (Å²) in [6.07, 6.45) is 1.10. The maximum absolute atomic E-state index is 12.9. The number of nitro groups is 1. The summed E-state index contributed by atoms with van der Waals surface area (Å²) >= 11 is 0. The van der Waals surface area contributed by atoms with Crippen LogP contribution in [0.4, 0.5) is 15.8 Å². The molecule has 1 aliphatic heterocycles. The normalized spacial score (nSPS) is 19.3. The van der Waals surface area contributed by atoms with Crippen LogP contribution in [0.5, 0.6) is 0 Å². The van der Waals surface area contributed by atoms with Gasteiger partial charge in [0, 0.05) is 19.2 Å². The van der Waals surface area contributed by atoms with Crippen molar-refractivity contribution in [3.05, 3.63) is 69.5 Å². The Bertz CT molecular complexity index is 859. The quantitative estimate of drug-likeness (QED) is 0.427. The summed E-state index contributed by atoms with van der Waals surface area (Å²) in [5, 5.41) is 11.6. The van der Waals surface area contributed by atoms with E-state index in [0.717, 1.165) is 19.5 Å². The SMILES string of the molecule is CC1CC(C)CN(c2ccc(C(=O)OCc3ccc(F)cc3)cc2[N+](=O)[O-])C1. The number of ether oxygens (including phenoxy) is 1. The molecule has 148 valence electrons. The fraction of sp³-hybridized carbons (Fsp3) is 0.381. The highest BCUT2D eigenvalue weighted by Crippen LogP contribution is 2.34. The van der Waals surface area contributed by atoms with Crippen LogP contribution in [0.3, 0.4) is 0 Å². The van der Waals surface area contributed by atoms with Crippen molar-refractivity contribution in [2.24, 2.45) is 11.8 Å². The number of anilines is 1. The van der Waals surface area contributed by atoms with E-state index in [9.17, 15) is 19.3 Å². The van der Waals surface area contributed by atoms with E-state index >= 15 is 0 Å². The third-order valence-electron chi connectivity index (χ3n) is 4.90. The Morgan fingerprint density at radius 1 is 1.18 bits per heavy atom. The van der Waals surface area contributed by atoms with Gasteiger partial charge in [0.2, 0.25) is 0 Å². The average Bonchev–Trinajstić information content (AvgIpc) is 2.66. The zero-order valence-electron chi connectivity index (χ0n) is 15.9. The van der Waals surface area contributed by atoms with Crippen LogP contribution in [0.2, 0.25) is 0 Å². The molecule has 2 aromatic carbocycles. The molecule has 1 fully saturated rings. The van der Waals surface area contributed by atoms with Crippen molar-refractivity contribution in [1.29, 1.82) is 0 Å². The first-order valence-electron chi connectivity index (χ1n) is 9.28. The van der Waals surface area contributed by atoms with E-state index in [1.165, 1.54) is 30.3 Å². The van der Waals surface area contributed by atoms with Gasteiger partial charge in [0.25, 0.3) is 5.69 Å². The van der Waals surface area contributed by atoms with E-state index in [1.54, 1.807) is 12.1 Å². The highest BCUT2D eigenvalue weighted by molar-refractivity contribution is 5.91. The van der Waals surface area contributed by atoms with Gasteiger partial charge in [0.1, 0.15) is 18.1 Å². The molecule has 28 heavy (non-hydrogen) atoms. The number of halogens is 1. The van der Waals surface area contributed by atoms with Gasteiger partial charge < -0.3 is 9.64 Å². The van der Waals surface area contributed by atoms with Crippen LogP contribution in [0.25, 0.3) is 0 Å². The lowest BCUT2D eigenvalue weighted by atomic mass is 9.91. The van der Waals surface area contributed by atoms with Gasteiger partial charge in [-0.3, -0.25) is 10.1 Å². The number of nitrogens with zero attached hydrogens (tertiary/aromatic N) is 2. The second-order valence-corrected chi connectivity index (χ2v) is 7.51. The fourth-order valence-electron chi connectivity index (χ4n) is 3.74. The summed E-state index contributed by atoms with van der Waals surface area (Å²) in [5.41, 5.74) is 1.18. The van der Waals surface area contributed by atoms with Crippen molar-refractivity contribution in [1.82, 2.24) is 0 Å². The molecule has 0 spiro atoms. The van der Waals surface area contributed by atoms with Crippen molar-refractivity contribution in [2.45, 2.75) is 26.9 Å². The first-order valence-corrected chi connectivity index (χ1v) is 9.28. The number of carbonyl (C=O) groups excluding carboxylic acids is 1. The molecular weight excluding hydrogens is 363 g/mol. The molecule has 1 aliphatic rings. The van der Waals surface area contributed by atoms with Gasteiger partial charge >= 0.3 is 5.97 Å². The van der Waals surface area contributed by atoms with Gasteiger partial charge in [-0.05, 0) is 48.1 Å². The average molecular weight is 386 g/mol. The highest BCUT2D eigenvalue weighted by Gasteiger charge is 2.28. The minimum Gasteiger partial charge on any atom is -0.457 e. The summed E-state index contributed by atoms with van der Waals surface area (Å²) in [5.74, 6) is -0.130. The minimum absolute atomic E-state index is 0.0319. The van der Waals surface area contributed by atoms with Crippen LogP contribution in [0, 0.1) is 27.8 Å². The Morgan fingerprint density at radius 2 is 1.82 bits per heavy atom. The molecule has 0 radical (unpaired) electrons. The Hall–Kier alpha value is -2.96. The summed E-state index contributed by atoms with van der Waals surface area (Å²) in [4.78, 5) is 25.5. The van der Waals surface area contributed by atoms with Gasteiger partial charge in [-0.15, -0.1) is 0 Å². The van der Waals surface area contributed by atoms with Crippen molar-refractivity contribution in [2.75, 3.05) is 18.0 Å². The predicted molar refractivity (Wildman–Crippen MR) is 104 cm³/mol. The molecule has 1 heterocycles. The third-order valence-corrected chi connectivity index (χ3v) is 4.90. The third kappa shape index (κ3) is 4.65. The van der Waals surface area contributed by atoms with Crippen molar-refractivity contribution < 1.29 is 18.8 Å². The zero-order chi connectivity index (χ0) is 20.3. The van der Waals surface area contributed by atoms with Crippen LogP contribution < -0.4 is 4.90 Å². The molecule has 0 bridgehead atoms. The van der Waals surface area contributed by atoms with Gasteiger partial charge in [-0.1, -0.05) is 26.0 Å². The van der Waals surface area contributed by atoms with Crippen LogP contribution in [-0.4, -0.2) is 24.0 Å². The molecule has 6 nitrogen and oxygen atoms in total. The number of rotatable bonds is 5. The van der Waals surface area contributed by atoms with E-state index in [4.69, 9.17) is 4.74 Å². The molecule has 1 saturated heterocycles. The smallest absolute Gasteiger partial charge is 0.338 e. The van der Waals surface area contributed by atoms with Gasteiger partial charge in [0.15, 0.2) is 0 Å². The number of esters is 1. The van der Waals surface area contributed by atoms with Gasteiger partial charge in [0.05, 0.1) is 10.5 Å². The van der Waals surface area contributed by atoms with Crippen LogP contribution in [0.15, 0.2) is 42.5 Å². The molecule has 3 rings (SSSR count). The van der Waals surface area contributed by atoms with Gasteiger partial charge in [-0.25, -0.2) is 9.18 Å². The minimum atomic E-state index is -0.653. The molecule has 0 amide bonds. The maximum Gasteiger partial charge on any atom is 0.338 e. The Kier molecular flexibility index (Phi) is 5.92. The van der Waals surface area contributed by atoms with Crippen LogP contribution in [0.1, 0.15) is 36.2 Å². The van der Waals surface area contributed by atoms with E-state index in [-0.39, 0.29) is 23.7 Å². The van der Waals surface area contributed by atoms with E-state index in [0.29, 0.717) is 23.1 Å². The lowest BCUT2D eigenvalue weighted by Gasteiger charge is -2.36. The highest BCUT2D eigenvalue weighted by atomic mass is 19.1. The maximum atomic E-state index is 12.9. The molecular formula is C21H23FN2O4. The van der Waals surface area contributed by atoms with Crippen LogP contribution >= 0.6 is 0 Å². The number of nitro benzene ring substituents is 1. The van der Waals surface area contributed by atoms with E-state index in [2.05, 4.69) is 13.8 Å². The molecule has 0 aromatic heterocycles. The summed E-state index contributed by atoms with van der Waals surface area (Å²) in [6.45, 7) is 5.74. The van der Waals surface area contributed by atoms with Crippen molar-refractivity contribution in [3.8, 4) is 0 Å². The predicted octanol–water partition coefficient (Wildman–Crippen LogP) is 4.57.